The summed E-state index contributed by atoms with van der Waals surface area (Å²) in [7, 11) is 1.25. The first-order chi connectivity index (χ1) is 16.4. The van der Waals surface area contributed by atoms with Gasteiger partial charge in [0.25, 0.3) is 0 Å². The Morgan fingerprint density at radius 3 is 2.50 bits per heavy atom. The van der Waals surface area contributed by atoms with Crippen molar-refractivity contribution in [1.29, 1.82) is 0 Å². The second-order valence-electron chi connectivity index (χ2n) is 8.11. The fourth-order valence-electron chi connectivity index (χ4n) is 3.92. The molecule has 1 fully saturated rings. The van der Waals surface area contributed by atoms with Crippen molar-refractivity contribution in [3.05, 3.63) is 71.3 Å². The second-order valence-corrected chi connectivity index (χ2v) is 8.11. The molecule has 2 unspecified atom stereocenters. The van der Waals surface area contributed by atoms with Gasteiger partial charge in [-0.05, 0) is 36.0 Å². The van der Waals surface area contributed by atoms with Crippen LogP contribution in [0.2, 0.25) is 0 Å². The Hall–Kier alpha value is -4.01. The van der Waals surface area contributed by atoms with E-state index in [4.69, 9.17) is 10.6 Å². The third-order valence-electron chi connectivity index (χ3n) is 5.71. The zero-order chi connectivity index (χ0) is 24.5. The maximum Gasteiger partial charge on any atom is 0.328 e. The molecular formula is C25H28N4O5. The third kappa shape index (κ3) is 6.50. The lowest BCUT2D eigenvalue weighted by Crippen LogP contribution is -2.47. The molecule has 1 aliphatic heterocycles. The Bertz CT molecular complexity index is 1050. The average Bonchev–Trinajstić information content (AvgIpc) is 3.10. The molecule has 9 nitrogen and oxygen atoms in total. The van der Waals surface area contributed by atoms with Crippen LogP contribution in [-0.4, -0.2) is 54.5 Å². The predicted octanol–water partition coefficient (Wildman–Crippen LogP) is 1.19. The molecule has 2 aromatic rings. The lowest BCUT2D eigenvalue weighted by atomic mass is 9.97. The first-order valence-corrected chi connectivity index (χ1v) is 11.0. The number of carbonyl (C=O) groups is 4. The monoisotopic (exact) mass is 464 g/mol. The molecule has 1 aliphatic rings. The highest BCUT2D eigenvalue weighted by molar-refractivity contribution is 6.06. The molecule has 0 aromatic heterocycles. The van der Waals surface area contributed by atoms with E-state index < -0.39 is 42.2 Å². The van der Waals surface area contributed by atoms with E-state index in [0.717, 1.165) is 21.6 Å². The smallest absolute Gasteiger partial charge is 0.328 e. The molecule has 0 spiro atoms. The van der Waals surface area contributed by atoms with Crippen LogP contribution in [-0.2, 0) is 36.8 Å². The van der Waals surface area contributed by atoms with Crippen molar-refractivity contribution in [3.8, 4) is 0 Å². The van der Waals surface area contributed by atoms with Crippen molar-refractivity contribution < 1.29 is 23.9 Å². The van der Waals surface area contributed by atoms with E-state index in [0.29, 0.717) is 19.3 Å². The van der Waals surface area contributed by atoms with Crippen molar-refractivity contribution in [3.63, 3.8) is 0 Å². The number of nitrogens with one attached hydrogen (secondary N) is 1. The predicted molar refractivity (Wildman–Crippen MR) is 125 cm³/mol. The van der Waals surface area contributed by atoms with Crippen LogP contribution in [0, 0.1) is 5.92 Å². The topological polar surface area (TPSA) is 131 Å². The molecule has 3 amide bonds. The number of hydrazone groups is 1. The van der Waals surface area contributed by atoms with Gasteiger partial charge in [-0.1, -0.05) is 54.6 Å². The van der Waals surface area contributed by atoms with Gasteiger partial charge < -0.3 is 15.9 Å². The third-order valence-corrected chi connectivity index (χ3v) is 5.71. The maximum absolute atomic E-state index is 12.8. The summed E-state index contributed by atoms with van der Waals surface area (Å²) in [6.07, 6.45) is 2.81. The van der Waals surface area contributed by atoms with Gasteiger partial charge in [-0.25, -0.2) is 4.79 Å². The molecule has 0 bridgehead atoms. The number of amides is 3. The second kappa shape index (κ2) is 11.7. The van der Waals surface area contributed by atoms with Crippen molar-refractivity contribution >= 4 is 29.9 Å². The number of ether oxygens (including phenoxy) is 1. The minimum atomic E-state index is -0.878. The van der Waals surface area contributed by atoms with Crippen LogP contribution in [0.15, 0.2) is 59.7 Å². The van der Waals surface area contributed by atoms with E-state index in [1.807, 2.05) is 54.6 Å². The molecule has 3 rings (SSSR count). The Kier molecular flexibility index (Phi) is 8.50. The average molecular weight is 465 g/mol. The van der Waals surface area contributed by atoms with Crippen molar-refractivity contribution in [2.45, 2.75) is 31.7 Å². The molecule has 2 atom stereocenters. The van der Waals surface area contributed by atoms with E-state index in [1.165, 1.54) is 13.3 Å². The molecular weight excluding hydrogens is 436 g/mol. The van der Waals surface area contributed by atoms with Gasteiger partial charge in [0.2, 0.25) is 17.7 Å². The summed E-state index contributed by atoms with van der Waals surface area (Å²) >= 11 is 0. The Morgan fingerprint density at radius 1 is 1.15 bits per heavy atom. The molecule has 0 aliphatic carbocycles. The summed E-state index contributed by atoms with van der Waals surface area (Å²) in [5, 5.41) is 6.07. The number of rotatable bonds is 10. The Labute approximate surface area is 198 Å². The van der Waals surface area contributed by atoms with Crippen LogP contribution >= 0.6 is 0 Å². The molecule has 1 heterocycles. The summed E-state index contributed by atoms with van der Waals surface area (Å²) in [4.78, 5) is 51.0. The number of carbonyl (C=O) groups excluding carboxylic acids is 4. The standard InChI is InChI=1S/C25H28N4O5/c1-34-25(33)21(12-11-17-5-3-2-4-6-17)28-22(30)16-29-23(31)14-20(24(29)32)13-18-7-9-19(10-8-18)15-27-26/h2-10,15,20-21H,11-14,16,26H2,1H3,(H,28,30). The number of hydrogen-bond acceptors (Lipinski definition) is 7. The van der Waals surface area contributed by atoms with Crippen molar-refractivity contribution in [2.24, 2.45) is 16.9 Å². The zero-order valence-electron chi connectivity index (χ0n) is 19.0. The van der Waals surface area contributed by atoms with Gasteiger partial charge in [-0.3, -0.25) is 19.3 Å². The van der Waals surface area contributed by atoms with Crippen LogP contribution < -0.4 is 11.2 Å². The first kappa shape index (κ1) is 24.6. The van der Waals surface area contributed by atoms with Gasteiger partial charge in [0.05, 0.1) is 19.2 Å². The zero-order valence-corrected chi connectivity index (χ0v) is 19.0. The largest absolute Gasteiger partial charge is 0.467 e. The van der Waals surface area contributed by atoms with Crippen LogP contribution in [0.5, 0.6) is 0 Å². The highest BCUT2D eigenvalue weighted by atomic mass is 16.5. The van der Waals surface area contributed by atoms with Crippen molar-refractivity contribution in [2.75, 3.05) is 13.7 Å². The summed E-state index contributed by atoms with van der Waals surface area (Å²) < 4.78 is 4.80. The summed E-state index contributed by atoms with van der Waals surface area (Å²) in [6.45, 7) is -0.432. The number of imide groups is 1. The molecule has 0 saturated carbocycles. The van der Waals surface area contributed by atoms with E-state index >= 15 is 0 Å². The van der Waals surface area contributed by atoms with Gasteiger partial charge in [-0.15, -0.1) is 0 Å². The van der Waals surface area contributed by atoms with Gasteiger partial charge in [-0.2, -0.15) is 5.10 Å². The molecule has 3 N–H and O–H groups in total. The Morgan fingerprint density at radius 2 is 1.85 bits per heavy atom. The van der Waals surface area contributed by atoms with E-state index in [9.17, 15) is 19.2 Å². The normalized spacial score (nSPS) is 16.6. The lowest BCUT2D eigenvalue weighted by Gasteiger charge is -2.19. The quantitative estimate of drug-likeness (QED) is 0.179. The number of nitrogens with two attached hydrogens (primary N) is 1. The summed E-state index contributed by atoms with van der Waals surface area (Å²) in [6, 6.07) is 16.0. The number of likely N-dealkylation sites (tertiary alicyclic amines) is 1. The van der Waals surface area contributed by atoms with Crippen LogP contribution in [0.4, 0.5) is 0 Å². The lowest BCUT2D eigenvalue weighted by molar-refractivity contribution is -0.146. The fraction of sp³-hybridized carbons (Fsp3) is 0.320. The van der Waals surface area contributed by atoms with Crippen LogP contribution in [0.25, 0.3) is 0 Å². The van der Waals surface area contributed by atoms with E-state index in [-0.39, 0.29) is 6.42 Å². The molecule has 1 saturated heterocycles. The Balaban J connectivity index is 1.57. The number of nitrogens with zero attached hydrogens (tertiary/aromatic N) is 2. The minimum Gasteiger partial charge on any atom is -0.467 e. The molecule has 178 valence electrons. The first-order valence-electron chi connectivity index (χ1n) is 11.0. The summed E-state index contributed by atoms with van der Waals surface area (Å²) in [5.74, 6) is 2.63. The van der Waals surface area contributed by atoms with Gasteiger partial charge in [0, 0.05) is 6.42 Å². The van der Waals surface area contributed by atoms with E-state index in [2.05, 4.69) is 10.4 Å². The molecule has 9 heteroatoms. The van der Waals surface area contributed by atoms with Gasteiger partial charge >= 0.3 is 5.97 Å². The number of hydrogen-bond donors (Lipinski definition) is 2. The maximum atomic E-state index is 12.8. The van der Waals surface area contributed by atoms with Crippen molar-refractivity contribution in [1.82, 2.24) is 10.2 Å². The van der Waals surface area contributed by atoms with E-state index in [1.54, 1.807) is 0 Å². The number of methoxy groups -OCH3 is 1. The summed E-state index contributed by atoms with van der Waals surface area (Å²) in [5.41, 5.74) is 2.73. The van der Waals surface area contributed by atoms with Gasteiger partial charge in [0.15, 0.2) is 0 Å². The molecule has 34 heavy (non-hydrogen) atoms. The highest BCUT2D eigenvalue weighted by Crippen LogP contribution is 2.23. The molecule has 2 aromatic carbocycles. The minimum absolute atomic E-state index is 0.0343. The van der Waals surface area contributed by atoms with Crippen LogP contribution in [0.3, 0.4) is 0 Å². The molecule has 0 radical (unpaired) electrons. The van der Waals surface area contributed by atoms with Crippen LogP contribution in [0.1, 0.15) is 29.5 Å². The number of benzene rings is 2. The highest BCUT2D eigenvalue weighted by Gasteiger charge is 2.39. The SMILES string of the molecule is COC(=O)C(CCc1ccccc1)NC(=O)CN1C(=O)CC(Cc2ccc(C=NN)cc2)C1=O. The number of esters is 1. The fourth-order valence-corrected chi connectivity index (χ4v) is 3.92. The number of aryl methyl sites for hydroxylation is 1. The van der Waals surface area contributed by atoms with Gasteiger partial charge in [0.1, 0.15) is 12.6 Å².